The predicted octanol–water partition coefficient (Wildman–Crippen LogP) is 5.06. The SMILES string of the molecule is CCOc1ccc(-c2csc(C(C#N)=C3CCCC3)n2)cc1. The van der Waals surface area contributed by atoms with Crippen molar-refractivity contribution >= 4 is 16.9 Å². The van der Waals surface area contributed by atoms with Crippen LogP contribution in [0.5, 0.6) is 5.75 Å². The molecule has 2 aromatic rings. The first-order valence-corrected chi connectivity index (χ1v) is 8.51. The summed E-state index contributed by atoms with van der Waals surface area (Å²) in [4.78, 5) is 4.67. The van der Waals surface area contributed by atoms with Gasteiger partial charge in [0, 0.05) is 10.9 Å². The molecule has 1 aliphatic carbocycles. The smallest absolute Gasteiger partial charge is 0.134 e. The molecule has 3 rings (SSSR count). The molecule has 22 heavy (non-hydrogen) atoms. The van der Waals surface area contributed by atoms with Crippen LogP contribution in [0.1, 0.15) is 37.6 Å². The first kappa shape index (κ1) is 14.8. The van der Waals surface area contributed by atoms with Gasteiger partial charge in [0.15, 0.2) is 0 Å². The van der Waals surface area contributed by atoms with E-state index in [0.29, 0.717) is 6.61 Å². The van der Waals surface area contributed by atoms with Crippen molar-refractivity contribution in [1.82, 2.24) is 4.98 Å². The fourth-order valence-electron chi connectivity index (χ4n) is 2.74. The van der Waals surface area contributed by atoms with E-state index >= 15 is 0 Å². The number of allylic oxidation sites excluding steroid dienone is 2. The minimum Gasteiger partial charge on any atom is -0.494 e. The van der Waals surface area contributed by atoms with E-state index in [-0.39, 0.29) is 0 Å². The van der Waals surface area contributed by atoms with Gasteiger partial charge in [-0.2, -0.15) is 5.26 Å². The van der Waals surface area contributed by atoms with Crippen molar-refractivity contribution in [3.63, 3.8) is 0 Å². The fourth-order valence-corrected chi connectivity index (χ4v) is 3.61. The number of nitrogens with zero attached hydrogens (tertiary/aromatic N) is 2. The highest BCUT2D eigenvalue weighted by Crippen LogP contribution is 2.34. The Morgan fingerprint density at radius 1 is 1.27 bits per heavy atom. The molecule has 0 unspecified atom stereocenters. The Balaban J connectivity index is 1.87. The Hall–Kier alpha value is -2.12. The molecule has 1 saturated carbocycles. The van der Waals surface area contributed by atoms with Crippen LogP contribution in [-0.2, 0) is 0 Å². The molecular formula is C18H18N2OS. The third kappa shape index (κ3) is 3.05. The van der Waals surface area contributed by atoms with E-state index in [9.17, 15) is 5.26 Å². The molecule has 1 fully saturated rings. The van der Waals surface area contributed by atoms with Crippen LogP contribution in [0.2, 0.25) is 0 Å². The lowest BCUT2D eigenvalue weighted by Crippen LogP contribution is -1.90. The van der Waals surface area contributed by atoms with Crippen molar-refractivity contribution in [3.8, 4) is 23.1 Å². The summed E-state index contributed by atoms with van der Waals surface area (Å²) in [5.74, 6) is 0.868. The van der Waals surface area contributed by atoms with Gasteiger partial charge in [-0.15, -0.1) is 11.3 Å². The number of hydrogen-bond donors (Lipinski definition) is 0. The van der Waals surface area contributed by atoms with Crippen molar-refractivity contribution < 1.29 is 4.74 Å². The summed E-state index contributed by atoms with van der Waals surface area (Å²) in [7, 11) is 0. The Labute approximate surface area is 134 Å². The molecule has 0 bridgehead atoms. The normalized spacial score (nSPS) is 13.9. The van der Waals surface area contributed by atoms with Crippen LogP contribution >= 0.6 is 11.3 Å². The van der Waals surface area contributed by atoms with Gasteiger partial charge in [0.1, 0.15) is 16.8 Å². The predicted molar refractivity (Wildman–Crippen MR) is 89.7 cm³/mol. The molecule has 0 N–H and O–H groups in total. The van der Waals surface area contributed by atoms with E-state index < -0.39 is 0 Å². The summed E-state index contributed by atoms with van der Waals surface area (Å²) in [6.45, 7) is 2.64. The lowest BCUT2D eigenvalue weighted by molar-refractivity contribution is 0.340. The van der Waals surface area contributed by atoms with Gasteiger partial charge in [0.2, 0.25) is 0 Å². The topological polar surface area (TPSA) is 45.9 Å². The number of thiazole rings is 1. The highest BCUT2D eigenvalue weighted by atomic mass is 32.1. The molecular weight excluding hydrogens is 292 g/mol. The highest BCUT2D eigenvalue weighted by Gasteiger charge is 2.17. The standard InChI is InChI=1S/C18H18N2OS/c1-2-21-15-9-7-14(8-10-15)17-12-22-18(20-17)16(11-19)13-5-3-4-6-13/h7-10,12H,2-6H2,1H3. The molecule has 1 aromatic heterocycles. The number of nitriles is 1. The zero-order valence-electron chi connectivity index (χ0n) is 12.6. The molecule has 3 nitrogen and oxygen atoms in total. The van der Waals surface area contributed by atoms with Crippen LogP contribution in [0.4, 0.5) is 0 Å². The number of rotatable bonds is 4. The van der Waals surface area contributed by atoms with Crippen LogP contribution in [0.25, 0.3) is 16.8 Å². The first-order chi connectivity index (χ1) is 10.8. The largest absolute Gasteiger partial charge is 0.494 e. The number of benzene rings is 1. The van der Waals surface area contributed by atoms with Gasteiger partial charge in [-0.25, -0.2) is 4.98 Å². The number of ether oxygens (including phenoxy) is 1. The third-order valence-electron chi connectivity index (χ3n) is 3.85. The second kappa shape index (κ2) is 6.76. The highest BCUT2D eigenvalue weighted by molar-refractivity contribution is 7.11. The van der Waals surface area contributed by atoms with Crippen LogP contribution in [0, 0.1) is 11.3 Å². The second-order valence-corrected chi connectivity index (χ2v) is 6.15. The summed E-state index contributed by atoms with van der Waals surface area (Å²) < 4.78 is 5.46. The van der Waals surface area contributed by atoms with Gasteiger partial charge in [0.05, 0.1) is 17.9 Å². The maximum Gasteiger partial charge on any atom is 0.134 e. The molecule has 112 valence electrons. The van der Waals surface area contributed by atoms with Crippen molar-refractivity contribution in [2.45, 2.75) is 32.6 Å². The minimum absolute atomic E-state index is 0.666. The molecule has 0 aliphatic heterocycles. The van der Waals surface area contributed by atoms with Gasteiger partial charge in [0.25, 0.3) is 0 Å². The third-order valence-corrected chi connectivity index (χ3v) is 4.71. The molecule has 0 atom stereocenters. The molecule has 0 spiro atoms. The molecule has 4 heteroatoms. The van der Waals surface area contributed by atoms with Gasteiger partial charge in [-0.1, -0.05) is 0 Å². The Morgan fingerprint density at radius 2 is 2.00 bits per heavy atom. The Kier molecular flexibility index (Phi) is 4.55. The van der Waals surface area contributed by atoms with Crippen molar-refractivity contribution in [2.75, 3.05) is 6.61 Å². The average molecular weight is 310 g/mol. The molecule has 1 aliphatic rings. The second-order valence-electron chi connectivity index (χ2n) is 5.29. The van der Waals surface area contributed by atoms with Crippen LogP contribution in [-0.4, -0.2) is 11.6 Å². The van der Waals surface area contributed by atoms with E-state index in [1.54, 1.807) is 11.3 Å². The summed E-state index contributed by atoms with van der Waals surface area (Å²) in [6.07, 6.45) is 4.47. The van der Waals surface area contributed by atoms with Crippen molar-refractivity contribution in [2.24, 2.45) is 0 Å². The minimum atomic E-state index is 0.666. The summed E-state index contributed by atoms with van der Waals surface area (Å²) in [5.41, 5.74) is 4.05. The van der Waals surface area contributed by atoms with E-state index in [1.165, 1.54) is 18.4 Å². The molecule has 0 radical (unpaired) electrons. The maximum atomic E-state index is 9.46. The van der Waals surface area contributed by atoms with Gasteiger partial charge >= 0.3 is 0 Å². The lowest BCUT2D eigenvalue weighted by Gasteiger charge is -2.03. The van der Waals surface area contributed by atoms with Gasteiger partial charge in [-0.3, -0.25) is 0 Å². The monoisotopic (exact) mass is 310 g/mol. The van der Waals surface area contributed by atoms with Gasteiger partial charge < -0.3 is 4.74 Å². The zero-order valence-corrected chi connectivity index (χ0v) is 13.4. The van der Waals surface area contributed by atoms with Crippen molar-refractivity contribution in [3.05, 3.63) is 40.2 Å². The summed E-state index contributed by atoms with van der Waals surface area (Å²) in [5, 5.41) is 12.3. The summed E-state index contributed by atoms with van der Waals surface area (Å²) in [6, 6.07) is 10.3. The average Bonchev–Trinajstić information content (AvgIpc) is 3.22. The molecule has 1 aromatic carbocycles. The lowest BCUT2D eigenvalue weighted by atomic mass is 10.1. The van der Waals surface area contributed by atoms with Gasteiger partial charge in [-0.05, 0) is 62.4 Å². The Morgan fingerprint density at radius 3 is 2.64 bits per heavy atom. The van der Waals surface area contributed by atoms with Crippen LogP contribution in [0.3, 0.4) is 0 Å². The van der Waals surface area contributed by atoms with E-state index in [1.807, 2.05) is 36.6 Å². The fraction of sp³-hybridized carbons (Fsp3) is 0.333. The Bertz CT molecular complexity index is 714. The first-order valence-electron chi connectivity index (χ1n) is 7.63. The van der Waals surface area contributed by atoms with E-state index in [0.717, 1.165) is 40.4 Å². The van der Waals surface area contributed by atoms with E-state index in [2.05, 4.69) is 11.1 Å². The molecule has 0 amide bonds. The molecule has 1 heterocycles. The molecule has 0 saturated heterocycles. The van der Waals surface area contributed by atoms with Crippen LogP contribution < -0.4 is 4.74 Å². The number of hydrogen-bond acceptors (Lipinski definition) is 4. The van der Waals surface area contributed by atoms with Crippen molar-refractivity contribution in [1.29, 1.82) is 5.26 Å². The number of aromatic nitrogens is 1. The van der Waals surface area contributed by atoms with Crippen LogP contribution in [0.15, 0.2) is 35.2 Å². The zero-order chi connectivity index (χ0) is 15.4. The van der Waals surface area contributed by atoms with E-state index in [4.69, 9.17) is 4.74 Å². The maximum absolute atomic E-state index is 9.46. The summed E-state index contributed by atoms with van der Waals surface area (Å²) >= 11 is 1.56. The quantitative estimate of drug-likeness (QED) is 0.741.